The van der Waals surface area contributed by atoms with E-state index in [0.29, 0.717) is 23.8 Å². The van der Waals surface area contributed by atoms with Crippen LogP contribution < -0.4 is 16.4 Å². The van der Waals surface area contributed by atoms with E-state index in [-0.39, 0.29) is 17.8 Å². The number of primary amides is 1. The van der Waals surface area contributed by atoms with E-state index in [1.807, 2.05) is 25.1 Å². The molecule has 31 heavy (non-hydrogen) atoms. The predicted molar refractivity (Wildman–Crippen MR) is 124 cm³/mol. The van der Waals surface area contributed by atoms with Crippen LogP contribution in [0.2, 0.25) is 0 Å². The van der Waals surface area contributed by atoms with Crippen molar-refractivity contribution in [2.45, 2.75) is 64.5 Å². The highest BCUT2D eigenvalue weighted by molar-refractivity contribution is 7.18. The third kappa shape index (κ3) is 4.77. The van der Waals surface area contributed by atoms with Crippen LogP contribution in [0, 0.1) is 0 Å². The van der Waals surface area contributed by atoms with E-state index in [0.717, 1.165) is 53.0 Å². The first-order valence-corrected chi connectivity index (χ1v) is 11.6. The van der Waals surface area contributed by atoms with Crippen molar-refractivity contribution in [3.05, 3.63) is 34.6 Å². The lowest BCUT2D eigenvalue weighted by Gasteiger charge is -2.27. The van der Waals surface area contributed by atoms with Crippen molar-refractivity contribution < 1.29 is 9.90 Å². The lowest BCUT2D eigenvalue weighted by Crippen LogP contribution is -2.29. The molecule has 0 unspecified atom stereocenters. The molecule has 164 valence electrons. The Labute approximate surface area is 185 Å². The molecule has 5 N–H and O–H groups in total. The number of carbonyl (C=O) groups excluding carboxylic acids is 1. The van der Waals surface area contributed by atoms with Gasteiger partial charge in [-0.05, 0) is 56.7 Å². The highest BCUT2D eigenvalue weighted by Crippen LogP contribution is 2.29. The number of aliphatic hydroxyl groups excluding tert-OH is 1. The quantitative estimate of drug-likeness (QED) is 0.440. The van der Waals surface area contributed by atoms with Crippen molar-refractivity contribution in [1.29, 1.82) is 0 Å². The Hall–Kier alpha value is -2.78. The maximum Gasteiger partial charge on any atom is 0.271 e. The number of amides is 1. The molecule has 1 aliphatic rings. The van der Waals surface area contributed by atoms with E-state index in [1.165, 1.54) is 0 Å². The number of aromatic nitrogens is 3. The molecule has 1 amide bonds. The number of aryl methyl sites for hydroxylation is 2. The first kappa shape index (κ1) is 21.5. The molecule has 0 radical (unpaired) electrons. The Balaban J connectivity index is 1.65. The molecule has 9 heteroatoms. The van der Waals surface area contributed by atoms with Crippen molar-refractivity contribution in [3.8, 4) is 0 Å². The highest BCUT2D eigenvalue weighted by atomic mass is 32.1. The van der Waals surface area contributed by atoms with Gasteiger partial charge < -0.3 is 21.5 Å². The summed E-state index contributed by atoms with van der Waals surface area (Å²) >= 11 is 1.65. The zero-order valence-corrected chi connectivity index (χ0v) is 18.6. The number of hydrogen-bond donors (Lipinski definition) is 4. The third-order valence-electron chi connectivity index (χ3n) is 5.57. The van der Waals surface area contributed by atoms with Gasteiger partial charge in [-0.1, -0.05) is 13.8 Å². The highest BCUT2D eigenvalue weighted by Gasteiger charge is 2.23. The van der Waals surface area contributed by atoms with Crippen molar-refractivity contribution in [1.82, 2.24) is 15.0 Å². The van der Waals surface area contributed by atoms with Crippen LogP contribution in [-0.4, -0.2) is 38.1 Å². The number of hydrogen-bond acceptors (Lipinski definition) is 8. The number of nitrogens with two attached hydrogens (primary N) is 1. The predicted octanol–water partition coefficient (Wildman–Crippen LogP) is 3.77. The van der Waals surface area contributed by atoms with Gasteiger partial charge in [-0.3, -0.25) is 4.79 Å². The van der Waals surface area contributed by atoms with Gasteiger partial charge in [0.25, 0.3) is 5.91 Å². The molecule has 1 aliphatic carbocycles. The summed E-state index contributed by atoms with van der Waals surface area (Å²) in [6.45, 7) is 4.06. The van der Waals surface area contributed by atoms with Gasteiger partial charge in [-0.25, -0.2) is 15.0 Å². The smallest absolute Gasteiger partial charge is 0.271 e. The van der Waals surface area contributed by atoms with E-state index < -0.39 is 5.91 Å². The molecule has 1 aromatic carbocycles. The number of anilines is 3. The van der Waals surface area contributed by atoms with Gasteiger partial charge in [-0.15, -0.1) is 11.3 Å². The van der Waals surface area contributed by atoms with Crippen LogP contribution in [0.3, 0.4) is 0 Å². The maximum absolute atomic E-state index is 12.1. The van der Waals surface area contributed by atoms with Crippen LogP contribution in [0.1, 0.15) is 60.7 Å². The van der Waals surface area contributed by atoms with Crippen LogP contribution in [0.15, 0.2) is 18.2 Å². The molecule has 1 fully saturated rings. The number of carbonyl (C=O) groups is 1. The van der Waals surface area contributed by atoms with Crippen molar-refractivity contribution in [3.63, 3.8) is 0 Å². The van der Waals surface area contributed by atoms with E-state index >= 15 is 0 Å². The summed E-state index contributed by atoms with van der Waals surface area (Å²) in [5.74, 6) is 0.371. The van der Waals surface area contributed by atoms with Crippen LogP contribution in [0.25, 0.3) is 10.2 Å². The zero-order chi connectivity index (χ0) is 22.0. The number of nitrogens with one attached hydrogen (secondary N) is 2. The molecule has 0 saturated heterocycles. The number of thiazole rings is 1. The van der Waals surface area contributed by atoms with Crippen molar-refractivity contribution in [2.24, 2.45) is 5.73 Å². The Morgan fingerprint density at radius 1 is 1.13 bits per heavy atom. The molecule has 0 atom stereocenters. The summed E-state index contributed by atoms with van der Waals surface area (Å²) in [4.78, 5) is 25.9. The average Bonchev–Trinajstić information content (AvgIpc) is 3.18. The normalized spacial score (nSPS) is 18.8. The Morgan fingerprint density at radius 2 is 1.90 bits per heavy atom. The second kappa shape index (κ2) is 9.15. The Bertz CT molecular complexity index is 1090. The Morgan fingerprint density at radius 3 is 2.58 bits per heavy atom. The monoisotopic (exact) mass is 440 g/mol. The fourth-order valence-electron chi connectivity index (χ4n) is 3.84. The third-order valence-corrected chi connectivity index (χ3v) is 6.73. The second-order valence-electron chi connectivity index (χ2n) is 7.85. The lowest BCUT2D eigenvalue weighted by atomic mass is 9.93. The summed E-state index contributed by atoms with van der Waals surface area (Å²) in [7, 11) is 0. The lowest BCUT2D eigenvalue weighted by molar-refractivity contribution is 0.0996. The maximum atomic E-state index is 12.1. The molecular weight excluding hydrogens is 412 g/mol. The molecule has 8 nitrogen and oxygen atoms in total. The van der Waals surface area contributed by atoms with E-state index in [9.17, 15) is 9.90 Å². The van der Waals surface area contributed by atoms with E-state index in [1.54, 1.807) is 11.3 Å². The summed E-state index contributed by atoms with van der Waals surface area (Å²) in [6, 6.07) is 6.09. The minimum absolute atomic E-state index is 0.125. The summed E-state index contributed by atoms with van der Waals surface area (Å²) in [5.41, 5.74) is 8.20. The SMILES string of the molecule is CCc1nc2ccc(Nc3nc(N[C@H]4CC[C@H](O)CC4)c(CC)nc3C(N)=O)cc2s1. The van der Waals surface area contributed by atoms with Gasteiger partial charge in [0.15, 0.2) is 11.5 Å². The van der Waals surface area contributed by atoms with E-state index in [2.05, 4.69) is 27.5 Å². The summed E-state index contributed by atoms with van der Waals surface area (Å²) in [6.07, 6.45) is 4.57. The molecule has 0 bridgehead atoms. The largest absolute Gasteiger partial charge is 0.393 e. The van der Waals surface area contributed by atoms with Gasteiger partial charge in [0.05, 0.1) is 27.0 Å². The zero-order valence-electron chi connectivity index (χ0n) is 17.8. The van der Waals surface area contributed by atoms with Gasteiger partial charge in [0.1, 0.15) is 5.82 Å². The molecule has 0 spiro atoms. The van der Waals surface area contributed by atoms with Gasteiger partial charge in [0.2, 0.25) is 0 Å². The minimum atomic E-state index is -0.621. The van der Waals surface area contributed by atoms with Crippen molar-refractivity contribution in [2.75, 3.05) is 10.6 Å². The molecule has 2 aromatic heterocycles. The second-order valence-corrected chi connectivity index (χ2v) is 8.97. The van der Waals surface area contributed by atoms with E-state index in [4.69, 9.17) is 10.7 Å². The standard InChI is InChI=1S/C22H28N6O2S/c1-3-15-21(24-12-5-8-14(29)9-6-12)28-22(19(27-15)20(23)30)25-13-7-10-16-17(11-13)31-18(4-2)26-16/h7,10-12,14,29H,3-6,8-9H2,1-2H3,(H2,23,30)(H2,24,25,28)/t12-,14-. The number of aliphatic hydroxyl groups is 1. The van der Waals surface area contributed by atoms with Crippen LogP contribution >= 0.6 is 11.3 Å². The molecule has 3 aromatic rings. The van der Waals surface area contributed by atoms with Gasteiger partial charge in [0, 0.05) is 11.7 Å². The van der Waals surface area contributed by atoms with Crippen molar-refractivity contribution >= 4 is 44.8 Å². The number of benzene rings is 1. The van der Waals surface area contributed by atoms with Gasteiger partial charge in [-0.2, -0.15) is 0 Å². The van der Waals surface area contributed by atoms with Crippen LogP contribution in [0.4, 0.5) is 17.3 Å². The fraction of sp³-hybridized carbons (Fsp3) is 0.455. The van der Waals surface area contributed by atoms with Crippen LogP contribution in [-0.2, 0) is 12.8 Å². The molecule has 2 heterocycles. The molecule has 0 aliphatic heterocycles. The van der Waals surface area contributed by atoms with Crippen LogP contribution in [0.5, 0.6) is 0 Å². The number of nitrogens with zero attached hydrogens (tertiary/aromatic N) is 3. The summed E-state index contributed by atoms with van der Waals surface area (Å²) in [5, 5.41) is 17.6. The fourth-order valence-corrected chi connectivity index (χ4v) is 4.79. The molecule has 4 rings (SSSR count). The Kier molecular flexibility index (Phi) is 6.33. The topological polar surface area (TPSA) is 126 Å². The molecule has 1 saturated carbocycles. The first-order valence-electron chi connectivity index (χ1n) is 10.8. The average molecular weight is 441 g/mol. The summed E-state index contributed by atoms with van der Waals surface area (Å²) < 4.78 is 1.07. The number of fused-ring (bicyclic) bond motifs is 1. The van der Waals surface area contributed by atoms with Gasteiger partial charge >= 0.3 is 0 Å². The molecular formula is C22H28N6O2S. The first-order chi connectivity index (χ1) is 15.0. The number of rotatable bonds is 7. The minimum Gasteiger partial charge on any atom is -0.393 e.